The Bertz CT molecular complexity index is 597. The van der Waals surface area contributed by atoms with Crippen LogP contribution in [0, 0.1) is 12.8 Å². The lowest BCUT2D eigenvalue weighted by atomic mass is 9.85. The summed E-state index contributed by atoms with van der Waals surface area (Å²) in [5, 5.41) is 6.65. The van der Waals surface area contributed by atoms with E-state index in [0.717, 1.165) is 29.7 Å². The largest absolute Gasteiger partial charge is 0.493 e. The number of hydrogen-bond donors (Lipinski definition) is 2. The molecule has 2 aliphatic rings. The minimum absolute atomic E-state index is 0. The van der Waals surface area contributed by atoms with E-state index in [-0.39, 0.29) is 24.4 Å². The number of ether oxygens (including phenoxy) is 2. The number of hydrogen-bond acceptors (Lipinski definition) is 4. The molecule has 2 fully saturated rings. The third-order valence-corrected chi connectivity index (χ3v) is 5.61. The van der Waals surface area contributed by atoms with Gasteiger partial charge in [-0.2, -0.15) is 0 Å². The Morgan fingerprint density at radius 2 is 2.07 bits per heavy atom. The molecule has 0 spiro atoms. The van der Waals surface area contributed by atoms with Crippen molar-refractivity contribution in [2.75, 3.05) is 20.3 Å². The Morgan fingerprint density at radius 3 is 2.85 bits per heavy atom. The molecule has 0 bridgehead atoms. The summed E-state index contributed by atoms with van der Waals surface area (Å²) in [7, 11) is 1.70. The van der Waals surface area contributed by atoms with E-state index in [1.54, 1.807) is 7.11 Å². The van der Waals surface area contributed by atoms with Crippen LogP contribution in [0.25, 0.3) is 0 Å². The average Bonchev–Trinajstić information content (AvgIpc) is 3.08. The highest BCUT2D eigenvalue weighted by atomic mass is 35.5. The third-order valence-electron chi connectivity index (χ3n) is 5.61. The van der Waals surface area contributed by atoms with Gasteiger partial charge in [0.2, 0.25) is 5.91 Å². The summed E-state index contributed by atoms with van der Waals surface area (Å²) in [6.07, 6.45) is 6.90. The maximum Gasteiger partial charge on any atom is 0.237 e. The Balaban J connectivity index is 0.00000261. The molecule has 1 amide bonds. The van der Waals surface area contributed by atoms with Gasteiger partial charge in [0.1, 0.15) is 5.75 Å². The first-order valence-electron chi connectivity index (χ1n) is 9.92. The van der Waals surface area contributed by atoms with Crippen molar-refractivity contribution >= 4 is 18.3 Å². The molecule has 3 rings (SSSR count). The van der Waals surface area contributed by atoms with Crippen LogP contribution in [0.3, 0.4) is 0 Å². The molecule has 1 aliphatic heterocycles. The maximum atomic E-state index is 12.6. The second kappa shape index (κ2) is 10.9. The topological polar surface area (TPSA) is 59.6 Å². The molecule has 1 aromatic carbocycles. The number of halogens is 1. The third kappa shape index (κ3) is 6.09. The van der Waals surface area contributed by atoms with E-state index in [2.05, 4.69) is 23.6 Å². The predicted octanol–water partition coefficient (Wildman–Crippen LogP) is 3.37. The molecule has 27 heavy (non-hydrogen) atoms. The van der Waals surface area contributed by atoms with Crippen LogP contribution in [0.5, 0.6) is 5.75 Å². The number of fused-ring (bicyclic) bond motifs is 1. The second-order valence-corrected chi connectivity index (χ2v) is 7.63. The van der Waals surface area contributed by atoms with Gasteiger partial charge in [-0.1, -0.05) is 25.0 Å². The number of nitrogens with one attached hydrogen (secondary N) is 2. The molecular weight excluding hydrogens is 364 g/mol. The van der Waals surface area contributed by atoms with Gasteiger partial charge in [-0.05, 0) is 43.7 Å². The lowest BCUT2D eigenvalue weighted by Crippen LogP contribution is -2.42. The number of benzene rings is 1. The van der Waals surface area contributed by atoms with E-state index < -0.39 is 0 Å². The molecular formula is C21H33ClN2O3. The Hall–Kier alpha value is -1.30. The zero-order valence-electron chi connectivity index (χ0n) is 16.5. The number of carbonyl (C=O) groups is 1. The standard InChI is InChI=1S/C21H32N2O3.ClH/c1-15-8-9-17(20(12-15)26-11-5-10-25-2)14-22-21(24)19-13-16-6-3-4-7-18(16)23-19;/h8-9,12,16,18-19,23H,3-7,10-11,13-14H2,1-2H3,(H,22,24);1H. The van der Waals surface area contributed by atoms with Crippen LogP contribution in [-0.2, 0) is 16.1 Å². The predicted molar refractivity (Wildman–Crippen MR) is 110 cm³/mol. The average molecular weight is 397 g/mol. The first-order valence-corrected chi connectivity index (χ1v) is 9.92. The van der Waals surface area contributed by atoms with Gasteiger partial charge in [-0.15, -0.1) is 12.4 Å². The first kappa shape index (κ1) is 22.0. The highest BCUT2D eigenvalue weighted by molar-refractivity contribution is 5.85. The number of methoxy groups -OCH3 is 1. The lowest BCUT2D eigenvalue weighted by Gasteiger charge is -2.24. The quantitative estimate of drug-likeness (QED) is 0.661. The fourth-order valence-electron chi connectivity index (χ4n) is 4.15. The lowest BCUT2D eigenvalue weighted by molar-refractivity contribution is -0.123. The van der Waals surface area contributed by atoms with Crippen LogP contribution in [0.4, 0.5) is 0 Å². The highest BCUT2D eigenvalue weighted by Crippen LogP contribution is 2.33. The summed E-state index contributed by atoms with van der Waals surface area (Å²) >= 11 is 0. The molecule has 0 radical (unpaired) electrons. The normalized spacial score (nSPS) is 24.0. The first-order chi connectivity index (χ1) is 12.7. The molecule has 1 saturated heterocycles. The summed E-state index contributed by atoms with van der Waals surface area (Å²) in [6, 6.07) is 6.64. The van der Waals surface area contributed by atoms with Crippen LogP contribution >= 0.6 is 12.4 Å². The molecule has 1 aromatic rings. The van der Waals surface area contributed by atoms with E-state index in [1.165, 1.54) is 25.7 Å². The number of rotatable bonds is 8. The second-order valence-electron chi connectivity index (χ2n) is 7.63. The van der Waals surface area contributed by atoms with E-state index in [0.29, 0.717) is 31.7 Å². The van der Waals surface area contributed by atoms with Crippen molar-refractivity contribution in [1.82, 2.24) is 10.6 Å². The molecule has 152 valence electrons. The maximum absolute atomic E-state index is 12.6. The molecule has 1 aliphatic carbocycles. The van der Waals surface area contributed by atoms with Gasteiger partial charge in [-0.3, -0.25) is 4.79 Å². The fourth-order valence-corrected chi connectivity index (χ4v) is 4.15. The van der Waals surface area contributed by atoms with Gasteiger partial charge in [0.15, 0.2) is 0 Å². The van der Waals surface area contributed by atoms with Gasteiger partial charge in [0.25, 0.3) is 0 Å². The zero-order valence-corrected chi connectivity index (χ0v) is 17.3. The van der Waals surface area contributed by atoms with Crippen LogP contribution in [0.2, 0.25) is 0 Å². The van der Waals surface area contributed by atoms with E-state index in [4.69, 9.17) is 9.47 Å². The Labute approximate surface area is 169 Å². The summed E-state index contributed by atoms with van der Waals surface area (Å²) in [5.74, 6) is 1.65. The van der Waals surface area contributed by atoms with Gasteiger partial charge < -0.3 is 20.1 Å². The van der Waals surface area contributed by atoms with Gasteiger partial charge >= 0.3 is 0 Å². The number of carbonyl (C=O) groups excluding carboxylic acids is 1. The van der Waals surface area contributed by atoms with Crippen molar-refractivity contribution in [3.63, 3.8) is 0 Å². The Kier molecular flexibility index (Phi) is 8.87. The van der Waals surface area contributed by atoms with Crippen molar-refractivity contribution in [2.24, 2.45) is 5.92 Å². The Morgan fingerprint density at radius 1 is 1.26 bits per heavy atom. The molecule has 2 N–H and O–H groups in total. The summed E-state index contributed by atoms with van der Waals surface area (Å²) < 4.78 is 11.0. The summed E-state index contributed by atoms with van der Waals surface area (Å²) in [6.45, 7) is 3.86. The van der Waals surface area contributed by atoms with Crippen molar-refractivity contribution in [1.29, 1.82) is 0 Å². The molecule has 3 atom stereocenters. The molecule has 5 nitrogen and oxygen atoms in total. The number of aryl methyl sites for hydroxylation is 1. The smallest absolute Gasteiger partial charge is 0.237 e. The summed E-state index contributed by atoms with van der Waals surface area (Å²) in [4.78, 5) is 12.6. The van der Waals surface area contributed by atoms with Crippen LogP contribution in [0.15, 0.2) is 18.2 Å². The van der Waals surface area contributed by atoms with Gasteiger partial charge in [0.05, 0.1) is 12.6 Å². The summed E-state index contributed by atoms with van der Waals surface area (Å²) in [5.41, 5.74) is 2.18. The molecule has 3 unspecified atom stereocenters. The number of amides is 1. The van der Waals surface area contributed by atoms with Crippen molar-refractivity contribution < 1.29 is 14.3 Å². The monoisotopic (exact) mass is 396 g/mol. The van der Waals surface area contributed by atoms with Crippen LogP contribution in [-0.4, -0.2) is 38.3 Å². The zero-order chi connectivity index (χ0) is 18.4. The molecule has 1 saturated carbocycles. The van der Waals surface area contributed by atoms with E-state index in [9.17, 15) is 4.79 Å². The van der Waals surface area contributed by atoms with Crippen molar-refractivity contribution in [3.05, 3.63) is 29.3 Å². The minimum Gasteiger partial charge on any atom is -0.493 e. The highest BCUT2D eigenvalue weighted by Gasteiger charge is 2.38. The van der Waals surface area contributed by atoms with Crippen LogP contribution < -0.4 is 15.4 Å². The fraction of sp³-hybridized carbons (Fsp3) is 0.667. The molecule has 1 heterocycles. The molecule has 0 aromatic heterocycles. The van der Waals surface area contributed by atoms with Crippen molar-refractivity contribution in [3.8, 4) is 5.75 Å². The SMILES string of the molecule is COCCCOc1cc(C)ccc1CNC(=O)C1CC2CCCCC2N1.Cl. The van der Waals surface area contributed by atoms with E-state index >= 15 is 0 Å². The van der Waals surface area contributed by atoms with Gasteiger partial charge in [-0.25, -0.2) is 0 Å². The minimum atomic E-state index is -0.0420. The van der Waals surface area contributed by atoms with E-state index in [1.807, 2.05) is 12.1 Å². The molecule has 6 heteroatoms. The van der Waals surface area contributed by atoms with Gasteiger partial charge in [0, 0.05) is 38.3 Å². The van der Waals surface area contributed by atoms with Crippen molar-refractivity contribution in [2.45, 2.75) is 64.1 Å². The van der Waals surface area contributed by atoms with Crippen LogP contribution in [0.1, 0.15) is 49.7 Å².